The highest BCUT2D eigenvalue weighted by Crippen LogP contribution is 2.31. The van der Waals surface area contributed by atoms with Crippen molar-refractivity contribution in [2.24, 2.45) is 5.92 Å². The van der Waals surface area contributed by atoms with Crippen molar-refractivity contribution in [3.8, 4) is 0 Å². The fraction of sp³-hybridized carbons (Fsp3) is 0.300. The molecule has 0 aromatic heterocycles. The van der Waals surface area contributed by atoms with Crippen LogP contribution in [0.4, 0.5) is 5.69 Å². The summed E-state index contributed by atoms with van der Waals surface area (Å²) in [5.41, 5.74) is 0.990. The van der Waals surface area contributed by atoms with Crippen molar-refractivity contribution in [1.82, 2.24) is 0 Å². The Bertz CT molecular complexity index is 333. The van der Waals surface area contributed by atoms with Gasteiger partial charge in [0, 0.05) is 16.6 Å². The van der Waals surface area contributed by atoms with Crippen molar-refractivity contribution in [2.45, 2.75) is 12.8 Å². The van der Waals surface area contributed by atoms with Crippen molar-refractivity contribution < 1.29 is 0 Å². The lowest BCUT2D eigenvalue weighted by Crippen LogP contribution is -2.10. The van der Waals surface area contributed by atoms with Gasteiger partial charge in [0.15, 0.2) is 0 Å². The van der Waals surface area contributed by atoms with E-state index < -0.39 is 0 Å². The van der Waals surface area contributed by atoms with Crippen LogP contribution in [0.2, 0.25) is 5.02 Å². The Hall–Kier alpha value is -0.600. The van der Waals surface area contributed by atoms with Crippen LogP contribution >= 0.6 is 23.8 Å². The molecule has 1 N–H and O–H groups in total. The average Bonchev–Trinajstić information content (AvgIpc) is 2.85. The monoisotopic (exact) mass is 211 g/mol. The molecule has 2 rings (SSSR count). The maximum atomic E-state index is 5.84. The molecule has 0 bridgehead atoms. The van der Waals surface area contributed by atoms with Gasteiger partial charge >= 0.3 is 0 Å². The molecule has 0 amide bonds. The smallest absolute Gasteiger partial charge is 0.0828 e. The fourth-order valence-electron chi connectivity index (χ4n) is 1.16. The molecule has 1 aromatic carbocycles. The van der Waals surface area contributed by atoms with Crippen LogP contribution in [0.5, 0.6) is 0 Å². The van der Waals surface area contributed by atoms with Crippen LogP contribution in [-0.4, -0.2) is 4.99 Å². The number of hydrogen-bond donors (Lipinski definition) is 1. The second-order valence-corrected chi connectivity index (χ2v) is 4.15. The van der Waals surface area contributed by atoms with Crippen molar-refractivity contribution in [2.75, 3.05) is 5.32 Å². The first-order chi connectivity index (χ1) is 6.25. The summed E-state index contributed by atoms with van der Waals surface area (Å²) >= 11 is 11.1. The standard InChI is InChI=1S/C10H10ClNS/c11-8-2-1-3-9(6-8)12-10(13)7-4-5-7/h1-3,6-7H,4-5H2,(H,12,13). The Balaban J connectivity index is 2.04. The number of nitrogens with one attached hydrogen (secondary N) is 1. The highest BCUT2D eigenvalue weighted by molar-refractivity contribution is 7.80. The maximum Gasteiger partial charge on any atom is 0.0828 e. The van der Waals surface area contributed by atoms with Crippen molar-refractivity contribution in [3.63, 3.8) is 0 Å². The first-order valence-electron chi connectivity index (χ1n) is 4.32. The summed E-state index contributed by atoms with van der Waals surface area (Å²) in [6.45, 7) is 0. The SMILES string of the molecule is S=C(Nc1cccc(Cl)c1)C1CC1. The number of benzene rings is 1. The van der Waals surface area contributed by atoms with Crippen molar-refractivity contribution >= 4 is 34.5 Å². The number of anilines is 1. The molecule has 0 aliphatic heterocycles. The molecule has 0 unspecified atom stereocenters. The van der Waals surface area contributed by atoms with E-state index in [0.29, 0.717) is 5.92 Å². The van der Waals surface area contributed by atoms with Gasteiger partial charge < -0.3 is 5.32 Å². The average molecular weight is 212 g/mol. The Kier molecular flexibility index (Phi) is 2.51. The summed E-state index contributed by atoms with van der Waals surface area (Å²) in [7, 11) is 0. The summed E-state index contributed by atoms with van der Waals surface area (Å²) in [4.78, 5) is 0.947. The minimum Gasteiger partial charge on any atom is -0.350 e. The first-order valence-corrected chi connectivity index (χ1v) is 5.11. The van der Waals surface area contributed by atoms with Crippen LogP contribution in [0.25, 0.3) is 0 Å². The van der Waals surface area contributed by atoms with Gasteiger partial charge in [-0.15, -0.1) is 0 Å². The topological polar surface area (TPSA) is 12.0 Å². The summed E-state index contributed by atoms with van der Waals surface area (Å²) in [6.07, 6.45) is 2.46. The van der Waals surface area contributed by atoms with E-state index in [-0.39, 0.29) is 0 Å². The van der Waals surface area contributed by atoms with Gasteiger partial charge in [0.2, 0.25) is 0 Å². The quantitative estimate of drug-likeness (QED) is 0.752. The van der Waals surface area contributed by atoms with E-state index in [1.807, 2.05) is 24.3 Å². The Morgan fingerprint density at radius 2 is 2.23 bits per heavy atom. The van der Waals surface area contributed by atoms with Gasteiger partial charge in [0.05, 0.1) is 4.99 Å². The number of thiocarbonyl (C=S) groups is 1. The molecule has 1 saturated carbocycles. The summed E-state index contributed by atoms with van der Waals surface area (Å²) in [5.74, 6) is 0.606. The zero-order chi connectivity index (χ0) is 9.26. The van der Waals surface area contributed by atoms with Gasteiger partial charge in [0.25, 0.3) is 0 Å². The van der Waals surface area contributed by atoms with Crippen LogP contribution in [0.3, 0.4) is 0 Å². The molecule has 0 saturated heterocycles. The molecular weight excluding hydrogens is 202 g/mol. The van der Waals surface area contributed by atoms with E-state index >= 15 is 0 Å². The maximum absolute atomic E-state index is 5.84. The molecule has 0 atom stereocenters. The van der Waals surface area contributed by atoms with Crippen molar-refractivity contribution in [1.29, 1.82) is 0 Å². The van der Waals surface area contributed by atoms with E-state index in [2.05, 4.69) is 5.32 Å². The number of halogens is 1. The molecule has 0 radical (unpaired) electrons. The number of hydrogen-bond acceptors (Lipinski definition) is 1. The Labute approximate surface area is 88.1 Å². The highest BCUT2D eigenvalue weighted by Gasteiger charge is 2.26. The van der Waals surface area contributed by atoms with E-state index in [1.165, 1.54) is 12.8 Å². The molecule has 1 nitrogen and oxygen atoms in total. The number of rotatable bonds is 2. The van der Waals surface area contributed by atoms with Crippen LogP contribution in [0, 0.1) is 5.92 Å². The van der Waals surface area contributed by atoms with Gasteiger partial charge in [-0.3, -0.25) is 0 Å². The minimum absolute atomic E-state index is 0.606. The van der Waals surface area contributed by atoms with Crippen LogP contribution in [0.15, 0.2) is 24.3 Å². The normalized spacial score (nSPS) is 15.5. The molecule has 1 aromatic rings. The lowest BCUT2D eigenvalue weighted by Gasteiger charge is -2.06. The van der Waals surface area contributed by atoms with Gasteiger partial charge in [0.1, 0.15) is 0 Å². The fourth-order valence-corrected chi connectivity index (χ4v) is 1.70. The lowest BCUT2D eigenvalue weighted by molar-refractivity contribution is 1.22. The lowest BCUT2D eigenvalue weighted by atomic mass is 10.3. The van der Waals surface area contributed by atoms with E-state index in [0.717, 1.165) is 15.7 Å². The van der Waals surface area contributed by atoms with E-state index in [4.69, 9.17) is 23.8 Å². The highest BCUT2D eigenvalue weighted by atomic mass is 35.5. The van der Waals surface area contributed by atoms with Gasteiger partial charge in [-0.1, -0.05) is 29.9 Å². The summed E-state index contributed by atoms with van der Waals surface area (Å²) in [5, 5.41) is 3.93. The summed E-state index contributed by atoms with van der Waals surface area (Å²) in [6, 6.07) is 7.63. The molecule has 68 valence electrons. The largest absolute Gasteiger partial charge is 0.350 e. The first kappa shape index (κ1) is 8.97. The Morgan fingerprint density at radius 1 is 1.46 bits per heavy atom. The van der Waals surface area contributed by atoms with Gasteiger partial charge in [-0.2, -0.15) is 0 Å². The third-order valence-electron chi connectivity index (χ3n) is 2.04. The Morgan fingerprint density at radius 3 is 2.85 bits per heavy atom. The molecule has 3 heteroatoms. The molecule has 0 heterocycles. The van der Waals surface area contributed by atoms with E-state index in [1.54, 1.807) is 0 Å². The zero-order valence-corrected chi connectivity index (χ0v) is 8.66. The molecule has 1 fully saturated rings. The molecule has 13 heavy (non-hydrogen) atoms. The zero-order valence-electron chi connectivity index (χ0n) is 7.09. The van der Waals surface area contributed by atoms with Gasteiger partial charge in [-0.25, -0.2) is 0 Å². The molecular formula is C10H10ClNS. The van der Waals surface area contributed by atoms with Crippen LogP contribution < -0.4 is 5.32 Å². The second kappa shape index (κ2) is 3.64. The summed E-state index contributed by atoms with van der Waals surface area (Å²) < 4.78 is 0. The molecule has 1 aliphatic rings. The minimum atomic E-state index is 0.606. The van der Waals surface area contributed by atoms with Crippen molar-refractivity contribution in [3.05, 3.63) is 29.3 Å². The molecule has 0 spiro atoms. The third-order valence-corrected chi connectivity index (χ3v) is 2.71. The predicted octanol–water partition coefficient (Wildman–Crippen LogP) is 3.49. The predicted molar refractivity (Wildman–Crippen MR) is 60.4 cm³/mol. The molecule has 1 aliphatic carbocycles. The third kappa shape index (κ3) is 2.42. The van der Waals surface area contributed by atoms with Crippen LogP contribution in [0.1, 0.15) is 12.8 Å². The van der Waals surface area contributed by atoms with Gasteiger partial charge in [-0.05, 0) is 31.0 Å². The van der Waals surface area contributed by atoms with E-state index in [9.17, 15) is 0 Å². The van der Waals surface area contributed by atoms with Crippen LogP contribution in [-0.2, 0) is 0 Å². The second-order valence-electron chi connectivity index (χ2n) is 3.27.